The summed E-state index contributed by atoms with van der Waals surface area (Å²) in [5.74, 6) is 0. The molecular formula is C60H41N. The Hall–Kier alpha value is -8.00. The predicted molar refractivity (Wildman–Crippen MR) is 261 cm³/mol. The summed E-state index contributed by atoms with van der Waals surface area (Å²) in [5, 5.41) is 5.42. The minimum Gasteiger partial charge on any atom is -0.311 e. The molecule has 0 aliphatic heterocycles. The molecule has 11 aromatic carbocycles. The third-order valence-electron chi connectivity index (χ3n) is 11.1. The highest BCUT2D eigenvalue weighted by Crippen LogP contribution is 2.42. The fourth-order valence-electron chi connectivity index (χ4n) is 8.06. The Labute approximate surface area is 373 Å². The van der Waals surface area contributed by atoms with Gasteiger partial charge in [-0.25, -0.2) is 0 Å². The number of benzene rings is 11. The van der Waals surface area contributed by atoms with Gasteiger partial charge in [0.25, 0.3) is 0 Å². The summed E-state index contributed by atoms with van der Waals surface area (Å²) in [4.78, 5) is 0.866. The molecule has 0 aliphatic carbocycles. The highest BCUT2D eigenvalue weighted by molar-refractivity contribution is 6.08. The third-order valence-corrected chi connectivity index (χ3v) is 11.1. The van der Waals surface area contributed by atoms with Gasteiger partial charge in [0.2, 0.25) is 0 Å². The minimum atomic E-state index is -0.678. The molecule has 1 heteroatoms. The van der Waals surface area contributed by atoms with Crippen molar-refractivity contribution in [3.05, 3.63) is 248 Å². The van der Waals surface area contributed by atoms with Crippen molar-refractivity contribution in [3.8, 4) is 55.6 Å². The zero-order chi connectivity index (χ0) is 51.0. The van der Waals surface area contributed by atoms with Crippen LogP contribution in [-0.4, -0.2) is 0 Å². The van der Waals surface area contributed by atoms with Crippen LogP contribution in [0.15, 0.2) is 248 Å². The molecule has 0 saturated heterocycles. The molecule has 11 aromatic rings. The molecule has 0 unspecified atom stereocenters. The first-order chi connectivity index (χ1) is 35.3. The van der Waals surface area contributed by atoms with E-state index in [1.165, 1.54) is 0 Å². The maximum Gasteiger partial charge on any atom is 0.0645 e. The lowest BCUT2D eigenvalue weighted by atomic mass is 9.90. The molecule has 0 atom stereocenters. The molecule has 286 valence electrons. The lowest BCUT2D eigenvalue weighted by Crippen LogP contribution is -2.09. The van der Waals surface area contributed by atoms with E-state index < -0.39 is 89.6 Å². The van der Waals surface area contributed by atoms with Crippen LogP contribution in [0.5, 0.6) is 0 Å². The first-order valence-electron chi connectivity index (χ1n) is 26.0. The lowest BCUT2D eigenvalue weighted by molar-refractivity contribution is 1.28. The molecule has 0 aromatic heterocycles. The molecule has 0 fully saturated rings. The summed E-state index contributed by atoms with van der Waals surface area (Å²) in [6.07, 6.45) is 0. The van der Waals surface area contributed by atoms with Gasteiger partial charge in [-0.05, 0) is 136 Å². The molecule has 1 nitrogen and oxygen atoms in total. The van der Waals surface area contributed by atoms with E-state index in [4.69, 9.17) is 0 Å². The van der Waals surface area contributed by atoms with Crippen LogP contribution in [0.25, 0.3) is 88.0 Å². The van der Waals surface area contributed by atoms with Crippen molar-refractivity contribution in [1.29, 1.82) is 0 Å². The van der Waals surface area contributed by atoms with Gasteiger partial charge in [-0.15, -0.1) is 0 Å². The van der Waals surface area contributed by atoms with E-state index >= 15 is 0 Å². The zero-order valence-corrected chi connectivity index (χ0v) is 32.7. The average Bonchev–Trinajstić information content (AvgIpc) is 3.42. The standard InChI is InChI=1S/C60H41N/c1-3-12-42(13-4-1)49-18-11-19-50(40-49)43-24-32-53(33-25-43)61(54-34-26-44(27-35-54)51-31-38-57-52(41-51)23-22-45-14-7-9-20-56(45)57)55-36-28-47(29-37-55)59-39-30-46-15-8-10-21-58(46)60(59)48-16-5-2-6-17-48/h1-41H/i24D,25D,26D,27D,28D,29D,32D,33D,34D,35D,36D,37D. The second-order valence-electron chi connectivity index (χ2n) is 14.8. The Bertz CT molecular complexity index is 3980. The van der Waals surface area contributed by atoms with Gasteiger partial charge in [0.1, 0.15) is 0 Å². The van der Waals surface area contributed by atoms with Crippen LogP contribution in [0.3, 0.4) is 0 Å². The first kappa shape index (κ1) is 25.5. The van der Waals surface area contributed by atoms with Crippen LogP contribution in [0.1, 0.15) is 16.4 Å². The summed E-state index contributed by atoms with van der Waals surface area (Å²) in [5.41, 5.74) is 2.23. The highest BCUT2D eigenvalue weighted by atomic mass is 15.1. The third kappa shape index (κ3) is 6.93. The molecule has 0 saturated carbocycles. The Kier molecular flexibility index (Phi) is 6.53. The van der Waals surface area contributed by atoms with E-state index in [9.17, 15) is 16.4 Å². The molecule has 0 amide bonds. The van der Waals surface area contributed by atoms with Gasteiger partial charge in [-0.1, -0.05) is 200 Å². The van der Waals surface area contributed by atoms with E-state index in [0.717, 1.165) is 53.9 Å². The number of fused-ring (bicyclic) bond motifs is 4. The smallest absolute Gasteiger partial charge is 0.0645 e. The normalized spacial score (nSPS) is 14.0. The molecule has 0 aliphatic rings. The predicted octanol–water partition coefficient (Wildman–Crippen LogP) is 17.0. The van der Waals surface area contributed by atoms with Crippen molar-refractivity contribution in [2.75, 3.05) is 4.90 Å². The summed E-state index contributed by atoms with van der Waals surface area (Å²) in [7, 11) is 0. The number of anilines is 3. The molecule has 0 radical (unpaired) electrons. The van der Waals surface area contributed by atoms with Gasteiger partial charge in [-0.3, -0.25) is 0 Å². The SMILES string of the molecule is [2H]c1c([2H])c(N(c2c([2H])c([2H])c(-c3ccc4c(ccc5ccccc54)c3)c([2H])c2[2H])c2c([2H])c([2H])c(-c3ccc4ccccc4c3-c3ccccc3)c([2H])c2[2H])c([2H])c([2H])c1-c1cccc(-c2ccccc2)c1. The number of nitrogens with zero attached hydrogens (tertiary/aromatic N) is 1. The second kappa shape index (κ2) is 15.6. The van der Waals surface area contributed by atoms with Crippen molar-refractivity contribution in [2.45, 2.75) is 0 Å². The van der Waals surface area contributed by atoms with Crippen molar-refractivity contribution in [3.63, 3.8) is 0 Å². The van der Waals surface area contributed by atoms with Gasteiger partial charge >= 0.3 is 0 Å². The summed E-state index contributed by atoms with van der Waals surface area (Å²) in [6, 6.07) is 47.1. The van der Waals surface area contributed by atoms with Gasteiger partial charge in [-0.2, -0.15) is 0 Å². The van der Waals surface area contributed by atoms with Crippen molar-refractivity contribution in [2.24, 2.45) is 0 Å². The Morgan fingerprint density at radius 2 is 0.705 bits per heavy atom. The molecular weight excluding hydrogens is 735 g/mol. The fourth-order valence-corrected chi connectivity index (χ4v) is 8.06. The molecule has 0 N–H and O–H groups in total. The maximum absolute atomic E-state index is 9.81. The van der Waals surface area contributed by atoms with E-state index in [1.54, 1.807) is 36.4 Å². The monoisotopic (exact) mass is 787 g/mol. The van der Waals surface area contributed by atoms with Crippen LogP contribution >= 0.6 is 0 Å². The maximum atomic E-state index is 9.81. The number of hydrogen-bond donors (Lipinski definition) is 0. The molecule has 0 bridgehead atoms. The Morgan fingerprint density at radius 3 is 1.34 bits per heavy atom. The van der Waals surface area contributed by atoms with Gasteiger partial charge in [0.05, 0.1) is 16.4 Å². The van der Waals surface area contributed by atoms with Gasteiger partial charge in [0.15, 0.2) is 0 Å². The lowest BCUT2D eigenvalue weighted by Gasteiger charge is -2.26. The van der Waals surface area contributed by atoms with E-state index in [0.29, 0.717) is 22.3 Å². The van der Waals surface area contributed by atoms with Crippen molar-refractivity contribution >= 4 is 49.4 Å². The van der Waals surface area contributed by atoms with Crippen LogP contribution in [0.4, 0.5) is 17.1 Å². The van der Waals surface area contributed by atoms with Gasteiger partial charge in [0, 0.05) is 17.1 Å². The zero-order valence-electron chi connectivity index (χ0n) is 44.7. The quantitative estimate of drug-likeness (QED) is 0.139. The Morgan fingerprint density at radius 1 is 0.262 bits per heavy atom. The van der Waals surface area contributed by atoms with Gasteiger partial charge < -0.3 is 4.90 Å². The van der Waals surface area contributed by atoms with E-state index in [1.807, 2.05) is 140 Å². The van der Waals surface area contributed by atoms with E-state index in [-0.39, 0.29) is 16.7 Å². The van der Waals surface area contributed by atoms with Crippen LogP contribution in [-0.2, 0) is 0 Å². The topological polar surface area (TPSA) is 3.24 Å². The highest BCUT2D eigenvalue weighted by Gasteiger charge is 2.16. The fraction of sp³-hybridized carbons (Fsp3) is 0. The van der Waals surface area contributed by atoms with Crippen molar-refractivity contribution in [1.82, 2.24) is 0 Å². The van der Waals surface area contributed by atoms with Crippen molar-refractivity contribution < 1.29 is 16.4 Å². The van der Waals surface area contributed by atoms with E-state index in [2.05, 4.69) is 0 Å². The Balaban J connectivity index is 1.18. The number of hydrogen-bond acceptors (Lipinski definition) is 1. The summed E-state index contributed by atoms with van der Waals surface area (Å²) >= 11 is 0. The second-order valence-corrected chi connectivity index (χ2v) is 14.8. The van der Waals surface area contributed by atoms with Crippen LogP contribution < -0.4 is 4.90 Å². The first-order valence-corrected chi connectivity index (χ1v) is 20.0. The van der Waals surface area contributed by atoms with Crippen LogP contribution in [0.2, 0.25) is 0 Å². The average molecular weight is 788 g/mol. The summed E-state index contributed by atoms with van der Waals surface area (Å²) in [6.45, 7) is 0. The minimum absolute atomic E-state index is 0.0541. The molecule has 0 heterocycles. The largest absolute Gasteiger partial charge is 0.311 e. The molecule has 0 spiro atoms. The summed E-state index contributed by atoms with van der Waals surface area (Å²) < 4.78 is 116. The molecule has 11 rings (SSSR count). The molecule has 61 heavy (non-hydrogen) atoms. The number of rotatable bonds is 8. The van der Waals surface area contributed by atoms with Crippen LogP contribution in [0, 0.1) is 0 Å².